The van der Waals surface area contributed by atoms with Crippen LogP contribution in [-0.2, 0) is 0 Å². The molecule has 0 saturated heterocycles. The third-order valence-electron chi connectivity index (χ3n) is 10.7. The van der Waals surface area contributed by atoms with Crippen molar-refractivity contribution < 1.29 is 0 Å². The number of benzene rings is 7. The summed E-state index contributed by atoms with van der Waals surface area (Å²) in [5, 5.41) is 2.29. The molecule has 0 atom stereocenters. The number of fused-ring (bicyclic) bond motifs is 1. The molecule has 0 aliphatic heterocycles. The van der Waals surface area contributed by atoms with Gasteiger partial charge in [0.15, 0.2) is 17.5 Å². The van der Waals surface area contributed by atoms with E-state index in [1.165, 1.54) is 11.1 Å². The summed E-state index contributed by atoms with van der Waals surface area (Å²) in [5.41, 5.74) is 21.1. The Hall–Kier alpha value is -7.76. The lowest BCUT2D eigenvalue weighted by Gasteiger charge is -2.14. The van der Waals surface area contributed by atoms with Gasteiger partial charge < -0.3 is 5.73 Å². The number of hydrogen-bond acceptors (Lipinski definition) is 5. The average Bonchev–Trinajstić information content (AvgIpc) is 3.29. The number of aromatic nitrogens is 4. The molecule has 0 aliphatic carbocycles. The molecule has 5 heteroatoms. The number of hydrogen-bond donors (Lipinski definition) is 1. The van der Waals surface area contributed by atoms with Gasteiger partial charge >= 0.3 is 0 Å². The predicted octanol–water partition coefficient (Wildman–Crippen LogP) is 13.0. The van der Waals surface area contributed by atoms with Crippen LogP contribution in [0.4, 0.5) is 0 Å². The van der Waals surface area contributed by atoms with Crippen LogP contribution in [0.1, 0.15) is 27.8 Å². The van der Waals surface area contributed by atoms with Gasteiger partial charge in [-0.25, -0.2) is 15.0 Å². The molecule has 0 fully saturated rings. The average molecular weight is 760 g/mol. The van der Waals surface area contributed by atoms with Crippen molar-refractivity contribution in [3.05, 3.63) is 217 Å². The standard InChI is InChI=1S/C54H41N5/c1-35-12-16-44(17-13-35)52-57-53(45-18-14-36(2)15-19-45)59-54(58-52)48-33-46(39-22-20-38(21-23-39)37(3)49-10-6-4-8-41(49)28-30-55)32-47(34-48)40-24-26-43(27-25-40)51-50-11-7-5-9-42(50)29-31-56-51/h4-34H,3,55H2,1-2H3/b30-28-. The van der Waals surface area contributed by atoms with Crippen LogP contribution in [0.5, 0.6) is 0 Å². The molecule has 0 bridgehead atoms. The first-order valence-electron chi connectivity index (χ1n) is 19.7. The molecule has 2 aromatic heterocycles. The topological polar surface area (TPSA) is 77.6 Å². The number of nitrogens with two attached hydrogens (primary N) is 1. The molecule has 0 radical (unpaired) electrons. The quantitative estimate of drug-likeness (QED) is 0.159. The number of aryl methyl sites for hydroxylation is 2. The van der Waals surface area contributed by atoms with Gasteiger partial charge in [0.2, 0.25) is 0 Å². The predicted molar refractivity (Wildman–Crippen MR) is 245 cm³/mol. The highest BCUT2D eigenvalue weighted by molar-refractivity contribution is 5.95. The van der Waals surface area contributed by atoms with Crippen LogP contribution < -0.4 is 5.73 Å². The zero-order valence-corrected chi connectivity index (χ0v) is 33.0. The fourth-order valence-electron chi connectivity index (χ4n) is 7.47. The fraction of sp³-hybridized carbons (Fsp3) is 0.0370. The Balaban J connectivity index is 1.17. The summed E-state index contributed by atoms with van der Waals surface area (Å²) in [4.78, 5) is 20.1. The van der Waals surface area contributed by atoms with Gasteiger partial charge in [-0.1, -0.05) is 163 Å². The SMILES string of the molecule is C=C(c1ccc(-c2cc(-c3ccc(-c4nccc5ccccc45)cc3)cc(-c3nc(-c4ccc(C)cc4)nc(-c4ccc(C)cc4)n3)c2)cc1)c1ccccc1/C=C\N. The van der Waals surface area contributed by atoms with E-state index in [-0.39, 0.29) is 0 Å². The third-order valence-corrected chi connectivity index (χ3v) is 10.7. The van der Waals surface area contributed by atoms with Crippen molar-refractivity contribution in [2.45, 2.75) is 13.8 Å². The first-order valence-corrected chi connectivity index (χ1v) is 19.7. The Labute approximate surface area is 345 Å². The van der Waals surface area contributed by atoms with Crippen LogP contribution in [0.15, 0.2) is 189 Å². The minimum Gasteiger partial charge on any atom is -0.405 e. The van der Waals surface area contributed by atoms with Crippen LogP contribution in [-0.4, -0.2) is 19.9 Å². The van der Waals surface area contributed by atoms with E-state index in [9.17, 15) is 0 Å². The summed E-state index contributed by atoms with van der Waals surface area (Å²) in [7, 11) is 0. The van der Waals surface area contributed by atoms with Crippen molar-refractivity contribution in [1.29, 1.82) is 0 Å². The monoisotopic (exact) mass is 759 g/mol. The maximum Gasteiger partial charge on any atom is 0.164 e. The van der Waals surface area contributed by atoms with Gasteiger partial charge in [0.1, 0.15) is 0 Å². The van der Waals surface area contributed by atoms with Crippen molar-refractivity contribution in [2.24, 2.45) is 5.73 Å². The molecular formula is C54H41N5. The second kappa shape index (κ2) is 16.0. The van der Waals surface area contributed by atoms with Crippen molar-refractivity contribution in [1.82, 2.24) is 19.9 Å². The summed E-state index contributed by atoms with van der Waals surface area (Å²) in [6.07, 6.45) is 5.35. The summed E-state index contributed by atoms with van der Waals surface area (Å²) < 4.78 is 0. The molecule has 2 N–H and O–H groups in total. The summed E-state index contributed by atoms with van der Waals surface area (Å²) in [5.74, 6) is 1.84. The smallest absolute Gasteiger partial charge is 0.164 e. The van der Waals surface area contributed by atoms with E-state index in [2.05, 4.69) is 172 Å². The van der Waals surface area contributed by atoms with E-state index in [4.69, 9.17) is 25.7 Å². The fourth-order valence-corrected chi connectivity index (χ4v) is 7.47. The molecule has 5 nitrogen and oxygen atoms in total. The number of pyridine rings is 1. The summed E-state index contributed by atoms with van der Waals surface area (Å²) in [6, 6.07) is 59.0. The molecule has 0 aliphatic rings. The van der Waals surface area contributed by atoms with E-state index >= 15 is 0 Å². The largest absolute Gasteiger partial charge is 0.405 e. The zero-order valence-electron chi connectivity index (χ0n) is 33.0. The first-order chi connectivity index (χ1) is 28.9. The van der Waals surface area contributed by atoms with E-state index < -0.39 is 0 Å². The third kappa shape index (κ3) is 7.70. The van der Waals surface area contributed by atoms with Crippen LogP contribution >= 0.6 is 0 Å². The van der Waals surface area contributed by atoms with Gasteiger partial charge in [-0.15, -0.1) is 0 Å². The molecular weight excluding hydrogens is 719 g/mol. The van der Waals surface area contributed by atoms with Gasteiger partial charge in [0.05, 0.1) is 5.69 Å². The highest BCUT2D eigenvalue weighted by Crippen LogP contribution is 2.36. The van der Waals surface area contributed by atoms with Crippen molar-refractivity contribution in [3.8, 4) is 67.7 Å². The van der Waals surface area contributed by atoms with E-state index in [1.54, 1.807) is 6.20 Å². The Morgan fingerprint density at radius 3 is 1.59 bits per heavy atom. The van der Waals surface area contributed by atoms with Gasteiger partial charge in [0, 0.05) is 33.8 Å². The van der Waals surface area contributed by atoms with Gasteiger partial charge in [0.25, 0.3) is 0 Å². The van der Waals surface area contributed by atoms with Crippen LogP contribution in [0.25, 0.3) is 90.1 Å². The summed E-state index contributed by atoms with van der Waals surface area (Å²) in [6.45, 7) is 8.63. The molecule has 282 valence electrons. The molecule has 0 unspecified atom stereocenters. The Morgan fingerprint density at radius 2 is 0.983 bits per heavy atom. The molecule has 7 aromatic carbocycles. The Kier molecular flexibility index (Phi) is 10.00. The lowest BCUT2D eigenvalue weighted by atomic mass is 9.92. The van der Waals surface area contributed by atoms with E-state index in [0.717, 1.165) is 83.2 Å². The minimum atomic E-state index is 0.598. The summed E-state index contributed by atoms with van der Waals surface area (Å²) >= 11 is 0. The molecule has 9 rings (SSSR count). The highest BCUT2D eigenvalue weighted by Gasteiger charge is 2.16. The Morgan fingerprint density at radius 1 is 0.492 bits per heavy atom. The van der Waals surface area contributed by atoms with Crippen molar-refractivity contribution in [3.63, 3.8) is 0 Å². The highest BCUT2D eigenvalue weighted by atomic mass is 15.0. The van der Waals surface area contributed by atoms with E-state index in [1.807, 2.05) is 30.5 Å². The normalized spacial score (nSPS) is 11.3. The van der Waals surface area contributed by atoms with Crippen LogP contribution in [0.3, 0.4) is 0 Å². The van der Waals surface area contributed by atoms with E-state index in [0.29, 0.717) is 17.5 Å². The van der Waals surface area contributed by atoms with Crippen molar-refractivity contribution >= 4 is 22.4 Å². The van der Waals surface area contributed by atoms with Gasteiger partial charge in [-0.2, -0.15) is 0 Å². The lowest BCUT2D eigenvalue weighted by molar-refractivity contribution is 1.07. The van der Waals surface area contributed by atoms with Crippen molar-refractivity contribution in [2.75, 3.05) is 0 Å². The first kappa shape index (κ1) is 36.9. The zero-order chi connectivity index (χ0) is 40.3. The minimum absolute atomic E-state index is 0.598. The molecule has 59 heavy (non-hydrogen) atoms. The van der Waals surface area contributed by atoms with Gasteiger partial charge in [-0.3, -0.25) is 4.98 Å². The molecule has 0 saturated carbocycles. The molecule has 0 amide bonds. The lowest BCUT2D eigenvalue weighted by Crippen LogP contribution is -2.00. The van der Waals surface area contributed by atoms with Gasteiger partial charge in [-0.05, 0) is 100 Å². The molecule has 0 spiro atoms. The maximum atomic E-state index is 5.78. The number of nitrogens with zero attached hydrogens (tertiary/aromatic N) is 4. The number of rotatable bonds is 9. The molecule has 9 aromatic rings. The maximum absolute atomic E-state index is 5.78. The van der Waals surface area contributed by atoms with Crippen LogP contribution in [0.2, 0.25) is 0 Å². The second-order valence-corrected chi connectivity index (χ2v) is 14.8. The molecule has 2 heterocycles. The Bertz CT molecular complexity index is 2930. The van der Waals surface area contributed by atoms with Crippen LogP contribution in [0, 0.1) is 13.8 Å². The second-order valence-electron chi connectivity index (χ2n) is 14.8.